The zero-order valence-corrected chi connectivity index (χ0v) is 10.5. The minimum Gasteiger partial charge on any atom is -0.316 e. The summed E-state index contributed by atoms with van der Waals surface area (Å²) >= 11 is 0. The summed E-state index contributed by atoms with van der Waals surface area (Å²) in [5.41, 5.74) is 0.907. The summed E-state index contributed by atoms with van der Waals surface area (Å²) in [5.74, 6) is 0.286. The quantitative estimate of drug-likeness (QED) is 0.708. The molecular weight excluding hydrogens is 214 g/mol. The average Bonchev–Trinajstić information content (AvgIpc) is 2.34. The van der Waals surface area contributed by atoms with Gasteiger partial charge in [-0.2, -0.15) is 0 Å². The second-order valence-corrected chi connectivity index (χ2v) is 4.20. The molecule has 0 aliphatic rings. The van der Waals surface area contributed by atoms with E-state index in [2.05, 4.69) is 0 Å². The van der Waals surface area contributed by atoms with Gasteiger partial charge in [0.05, 0.1) is 0 Å². The molecule has 1 aromatic carbocycles. The van der Waals surface area contributed by atoms with Crippen molar-refractivity contribution in [1.82, 2.24) is 0 Å². The van der Waals surface area contributed by atoms with Crippen molar-refractivity contribution < 1.29 is 9.59 Å². The number of carbonyl (C=O) groups is 2. The second-order valence-electron chi connectivity index (χ2n) is 4.20. The summed E-state index contributed by atoms with van der Waals surface area (Å²) in [7, 11) is 1.78. The Balaban J connectivity index is 2.35. The van der Waals surface area contributed by atoms with Crippen LogP contribution in [-0.2, 0) is 9.59 Å². The predicted octanol–water partition coefficient (Wildman–Crippen LogP) is 2.80. The molecule has 0 aliphatic carbocycles. The van der Waals surface area contributed by atoms with Crippen molar-refractivity contribution in [3.05, 3.63) is 30.3 Å². The van der Waals surface area contributed by atoms with Crippen LogP contribution in [0.15, 0.2) is 30.3 Å². The highest BCUT2D eigenvalue weighted by Crippen LogP contribution is 2.13. The summed E-state index contributed by atoms with van der Waals surface area (Å²) < 4.78 is 0. The lowest BCUT2D eigenvalue weighted by atomic mass is 10.1. The van der Waals surface area contributed by atoms with Gasteiger partial charge in [0.15, 0.2) is 0 Å². The van der Waals surface area contributed by atoms with Crippen LogP contribution in [0, 0.1) is 0 Å². The number of amides is 1. The summed E-state index contributed by atoms with van der Waals surface area (Å²) in [6, 6.07) is 9.57. The van der Waals surface area contributed by atoms with E-state index >= 15 is 0 Å². The number of ketones is 1. The molecular formula is C14H19NO2. The number of hydrogen-bond donors (Lipinski definition) is 0. The molecule has 92 valence electrons. The smallest absolute Gasteiger partial charge is 0.226 e. The zero-order valence-electron chi connectivity index (χ0n) is 10.5. The molecule has 0 saturated heterocycles. The van der Waals surface area contributed by atoms with Crippen molar-refractivity contribution in [3.63, 3.8) is 0 Å². The highest BCUT2D eigenvalue weighted by Gasteiger charge is 2.09. The van der Waals surface area contributed by atoms with Gasteiger partial charge in [0, 0.05) is 25.6 Å². The van der Waals surface area contributed by atoms with Crippen LogP contribution in [0.5, 0.6) is 0 Å². The molecule has 0 heterocycles. The maximum absolute atomic E-state index is 11.8. The van der Waals surface area contributed by atoms with Gasteiger partial charge in [-0.15, -0.1) is 0 Å². The second kappa shape index (κ2) is 6.84. The van der Waals surface area contributed by atoms with Gasteiger partial charge in [0.1, 0.15) is 5.78 Å². The van der Waals surface area contributed by atoms with Crippen molar-refractivity contribution in [1.29, 1.82) is 0 Å². The van der Waals surface area contributed by atoms with E-state index in [0.717, 1.165) is 18.5 Å². The Bertz CT molecular complexity index is 373. The number of Topliss-reactive ketones (excluding diaryl/α,β-unsaturated/α-hetero) is 1. The van der Waals surface area contributed by atoms with Crippen molar-refractivity contribution in [2.24, 2.45) is 0 Å². The van der Waals surface area contributed by atoms with E-state index in [-0.39, 0.29) is 11.7 Å². The lowest BCUT2D eigenvalue weighted by Crippen LogP contribution is -2.25. The Labute approximate surface area is 102 Å². The van der Waals surface area contributed by atoms with E-state index in [1.165, 1.54) is 0 Å². The molecule has 0 fully saturated rings. The third-order valence-corrected chi connectivity index (χ3v) is 2.69. The molecule has 1 rings (SSSR count). The van der Waals surface area contributed by atoms with Crippen LogP contribution in [0.1, 0.15) is 32.6 Å². The molecule has 3 heteroatoms. The largest absolute Gasteiger partial charge is 0.316 e. The number of hydrogen-bond acceptors (Lipinski definition) is 2. The number of carbonyl (C=O) groups excluding carboxylic acids is 2. The number of benzene rings is 1. The van der Waals surface area contributed by atoms with Gasteiger partial charge in [0.2, 0.25) is 5.91 Å². The van der Waals surface area contributed by atoms with Crippen LogP contribution < -0.4 is 4.90 Å². The first-order valence-corrected chi connectivity index (χ1v) is 5.92. The highest BCUT2D eigenvalue weighted by atomic mass is 16.2. The molecule has 1 aromatic rings. The predicted molar refractivity (Wildman–Crippen MR) is 69.0 cm³/mol. The third-order valence-electron chi connectivity index (χ3n) is 2.69. The summed E-state index contributed by atoms with van der Waals surface area (Å²) in [5, 5.41) is 0. The lowest BCUT2D eigenvalue weighted by Gasteiger charge is -2.16. The van der Waals surface area contributed by atoms with Crippen molar-refractivity contribution in [3.8, 4) is 0 Å². The molecule has 1 amide bonds. The van der Waals surface area contributed by atoms with Gasteiger partial charge in [0.25, 0.3) is 0 Å². The van der Waals surface area contributed by atoms with Crippen LogP contribution >= 0.6 is 0 Å². The topological polar surface area (TPSA) is 37.4 Å². The molecule has 0 bridgehead atoms. The number of anilines is 1. The summed E-state index contributed by atoms with van der Waals surface area (Å²) in [6.45, 7) is 1.58. The zero-order chi connectivity index (χ0) is 12.7. The van der Waals surface area contributed by atoms with Crippen molar-refractivity contribution in [2.45, 2.75) is 32.6 Å². The molecule has 0 aromatic heterocycles. The first kappa shape index (κ1) is 13.4. The maximum atomic E-state index is 11.8. The molecule has 0 aliphatic heterocycles. The van der Waals surface area contributed by atoms with Crippen molar-refractivity contribution in [2.75, 3.05) is 11.9 Å². The molecule has 0 unspecified atom stereocenters. The minimum atomic E-state index is 0.0970. The number of para-hydroxylation sites is 1. The van der Waals surface area contributed by atoms with Gasteiger partial charge < -0.3 is 9.69 Å². The van der Waals surface area contributed by atoms with Crippen LogP contribution in [0.25, 0.3) is 0 Å². The van der Waals surface area contributed by atoms with Crippen LogP contribution in [-0.4, -0.2) is 18.7 Å². The Morgan fingerprint density at radius 2 is 1.65 bits per heavy atom. The highest BCUT2D eigenvalue weighted by molar-refractivity contribution is 5.92. The first-order chi connectivity index (χ1) is 8.11. The Hall–Kier alpha value is -1.64. The molecule has 0 spiro atoms. The standard InChI is InChI=1S/C14H19NO2/c1-12(16)8-6-7-11-14(17)15(2)13-9-4-3-5-10-13/h3-5,9-10H,6-8,11H2,1-2H3. The molecule has 3 nitrogen and oxygen atoms in total. The maximum Gasteiger partial charge on any atom is 0.226 e. The number of rotatable bonds is 6. The van der Waals surface area contributed by atoms with Gasteiger partial charge in [-0.05, 0) is 31.9 Å². The number of unbranched alkanes of at least 4 members (excludes halogenated alkanes) is 1. The molecule has 0 radical (unpaired) electrons. The van der Waals surface area contributed by atoms with E-state index in [4.69, 9.17) is 0 Å². The monoisotopic (exact) mass is 233 g/mol. The SMILES string of the molecule is CC(=O)CCCCC(=O)N(C)c1ccccc1. The first-order valence-electron chi connectivity index (χ1n) is 5.92. The van der Waals surface area contributed by atoms with Crippen LogP contribution in [0.2, 0.25) is 0 Å². The normalized spacial score (nSPS) is 10.0. The molecule has 0 atom stereocenters. The van der Waals surface area contributed by atoms with Gasteiger partial charge >= 0.3 is 0 Å². The number of nitrogens with zero attached hydrogens (tertiary/aromatic N) is 1. The van der Waals surface area contributed by atoms with Gasteiger partial charge in [-0.3, -0.25) is 4.79 Å². The third kappa shape index (κ3) is 4.81. The molecule has 17 heavy (non-hydrogen) atoms. The van der Waals surface area contributed by atoms with Gasteiger partial charge in [-0.1, -0.05) is 18.2 Å². The fourth-order valence-electron chi connectivity index (χ4n) is 1.61. The summed E-state index contributed by atoms with van der Waals surface area (Å²) in [4.78, 5) is 24.2. The van der Waals surface area contributed by atoms with E-state index in [1.807, 2.05) is 30.3 Å². The lowest BCUT2D eigenvalue weighted by molar-refractivity contribution is -0.119. The van der Waals surface area contributed by atoms with Gasteiger partial charge in [-0.25, -0.2) is 0 Å². The van der Waals surface area contributed by atoms with E-state index in [9.17, 15) is 9.59 Å². The van der Waals surface area contributed by atoms with E-state index < -0.39 is 0 Å². The Morgan fingerprint density at radius 3 is 2.24 bits per heavy atom. The molecule has 0 saturated carbocycles. The Morgan fingerprint density at radius 1 is 1.06 bits per heavy atom. The van der Waals surface area contributed by atoms with Crippen molar-refractivity contribution >= 4 is 17.4 Å². The average molecular weight is 233 g/mol. The van der Waals surface area contributed by atoms with Crippen LogP contribution in [0.3, 0.4) is 0 Å². The van der Waals surface area contributed by atoms with Crippen LogP contribution in [0.4, 0.5) is 5.69 Å². The Kier molecular flexibility index (Phi) is 5.40. The van der Waals surface area contributed by atoms with E-state index in [0.29, 0.717) is 12.8 Å². The summed E-state index contributed by atoms with van der Waals surface area (Å²) in [6.07, 6.45) is 2.64. The molecule has 0 N–H and O–H groups in total. The fraction of sp³-hybridized carbons (Fsp3) is 0.429. The van der Waals surface area contributed by atoms with E-state index in [1.54, 1.807) is 18.9 Å². The minimum absolute atomic E-state index is 0.0970. The fourth-order valence-corrected chi connectivity index (χ4v) is 1.61.